The number of ketones is 1. The Balaban J connectivity index is 1.92. The van der Waals surface area contributed by atoms with Crippen LogP contribution in [0.4, 0.5) is 0 Å². The average Bonchev–Trinajstić information content (AvgIpc) is 2.74. The van der Waals surface area contributed by atoms with Crippen molar-refractivity contribution >= 4 is 17.9 Å². The summed E-state index contributed by atoms with van der Waals surface area (Å²) in [5.41, 5.74) is 1.35. The summed E-state index contributed by atoms with van der Waals surface area (Å²) in [6.45, 7) is 6.06. The second-order valence-electron chi connectivity index (χ2n) is 8.20. The molecule has 0 spiro atoms. The largest absolute Gasteiger partial charge is 0.506 e. The minimum absolute atomic E-state index is 0.0397. The second-order valence-corrected chi connectivity index (χ2v) is 8.20. The van der Waals surface area contributed by atoms with E-state index < -0.39 is 11.4 Å². The Hall–Kier alpha value is -3.67. The maximum Gasteiger partial charge on any atom is 0.189 e. The smallest absolute Gasteiger partial charge is 0.189 e. The molecule has 0 aromatic heterocycles. The third-order valence-corrected chi connectivity index (χ3v) is 5.33. The number of fused-ring (bicyclic) bond motifs is 1. The van der Waals surface area contributed by atoms with Crippen molar-refractivity contribution in [2.24, 2.45) is 0 Å². The molecule has 6 nitrogen and oxygen atoms in total. The van der Waals surface area contributed by atoms with Crippen molar-refractivity contribution in [1.82, 2.24) is 0 Å². The van der Waals surface area contributed by atoms with Crippen LogP contribution in [0.1, 0.15) is 55.1 Å². The van der Waals surface area contributed by atoms with Gasteiger partial charge in [-0.1, -0.05) is 23.8 Å². The van der Waals surface area contributed by atoms with E-state index in [4.69, 9.17) is 9.47 Å². The highest BCUT2D eigenvalue weighted by Crippen LogP contribution is 2.46. The zero-order valence-corrected chi connectivity index (χ0v) is 18.7. The zero-order chi connectivity index (χ0) is 23.5. The van der Waals surface area contributed by atoms with Crippen molar-refractivity contribution in [3.05, 3.63) is 64.8 Å². The van der Waals surface area contributed by atoms with Crippen LogP contribution in [-0.2, 0) is 0 Å². The van der Waals surface area contributed by atoms with Gasteiger partial charge in [0.15, 0.2) is 28.8 Å². The van der Waals surface area contributed by atoms with Crippen LogP contribution >= 0.6 is 0 Å². The van der Waals surface area contributed by atoms with Gasteiger partial charge in [-0.2, -0.15) is 0 Å². The van der Waals surface area contributed by atoms with Gasteiger partial charge in [-0.25, -0.2) is 0 Å². The van der Waals surface area contributed by atoms with Crippen LogP contribution in [0.3, 0.4) is 0 Å². The number of benzene rings is 2. The number of ether oxygens (including phenoxy) is 2. The number of allylic oxidation sites excluding steroid dienone is 3. The fourth-order valence-electron chi connectivity index (χ4n) is 3.50. The predicted molar refractivity (Wildman–Crippen MR) is 125 cm³/mol. The highest BCUT2D eigenvalue weighted by Gasteiger charge is 2.32. The van der Waals surface area contributed by atoms with Crippen LogP contribution in [0, 0.1) is 0 Å². The molecule has 1 atom stereocenters. The summed E-state index contributed by atoms with van der Waals surface area (Å²) in [5, 5.41) is 30.3. The van der Waals surface area contributed by atoms with Gasteiger partial charge in [0.25, 0.3) is 0 Å². The molecule has 0 bridgehead atoms. The number of carbonyl (C=O) groups is 1. The molecule has 1 aliphatic rings. The van der Waals surface area contributed by atoms with E-state index in [1.54, 1.807) is 18.2 Å². The molecule has 0 aliphatic carbocycles. The number of hydrogen-bond acceptors (Lipinski definition) is 6. The SMILES string of the molecule is COc1cc(C(=O)/C=C/c2cccc(O)c2O)c(O)c2c1OC(C)(CCC=C(C)C)C=C2. The van der Waals surface area contributed by atoms with E-state index in [-0.39, 0.29) is 28.4 Å². The maximum absolute atomic E-state index is 12.8. The van der Waals surface area contributed by atoms with Crippen LogP contribution in [0.15, 0.2) is 48.1 Å². The van der Waals surface area contributed by atoms with Crippen LogP contribution in [0.5, 0.6) is 28.7 Å². The van der Waals surface area contributed by atoms with E-state index in [0.29, 0.717) is 17.1 Å². The number of aromatic hydroxyl groups is 3. The van der Waals surface area contributed by atoms with E-state index in [2.05, 4.69) is 6.08 Å². The Labute approximate surface area is 187 Å². The summed E-state index contributed by atoms with van der Waals surface area (Å²) < 4.78 is 11.7. The topological polar surface area (TPSA) is 96.2 Å². The molecule has 2 aromatic carbocycles. The predicted octanol–water partition coefficient (Wildman–Crippen LogP) is 5.62. The molecule has 0 fully saturated rings. The van der Waals surface area contributed by atoms with Gasteiger partial charge in [0, 0.05) is 5.56 Å². The summed E-state index contributed by atoms with van der Waals surface area (Å²) in [6, 6.07) is 5.89. The van der Waals surface area contributed by atoms with Gasteiger partial charge in [0.2, 0.25) is 0 Å². The summed E-state index contributed by atoms with van der Waals surface area (Å²) in [5.74, 6) is -0.582. The first kappa shape index (κ1) is 23.0. The molecule has 0 amide bonds. The van der Waals surface area contributed by atoms with Gasteiger partial charge in [-0.3, -0.25) is 4.79 Å². The Bertz CT molecular complexity index is 1120. The Kier molecular flexibility index (Phi) is 6.63. The van der Waals surface area contributed by atoms with Crippen LogP contribution in [0.25, 0.3) is 12.2 Å². The molecule has 1 aliphatic heterocycles. The zero-order valence-electron chi connectivity index (χ0n) is 18.7. The lowest BCUT2D eigenvalue weighted by Gasteiger charge is -2.33. The Morgan fingerprint density at radius 3 is 2.62 bits per heavy atom. The third-order valence-electron chi connectivity index (χ3n) is 5.33. The quantitative estimate of drug-likeness (QED) is 0.226. The third kappa shape index (κ3) is 4.80. The summed E-state index contributed by atoms with van der Waals surface area (Å²) >= 11 is 0. The lowest BCUT2D eigenvalue weighted by atomic mass is 9.92. The number of phenols is 3. The van der Waals surface area contributed by atoms with E-state index in [9.17, 15) is 20.1 Å². The van der Waals surface area contributed by atoms with Crippen molar-refractivity contribution < 1.29 is 29.6 Å². The van der Waals surface area contributed by atoms with E-state index in [0.717, 1.165) is 12.8 Å². The van der Waals surface area contributed by atoms with Crippen LogP contribution in [0.2, 0.25) is 0 Å². The minimum atomic E-state index is -0.572. The fraction of sp³-hybridized carbons (Fsp3) is 0.269. The molecule has 2 aromatic rings. The van der Waals surface area contributed by atoms with Crippen molar-refractivity contribution in [3.8, 4) is 28.7 Å². The van der Waals surface area contributed by atoms with Gasteiger partial charge < -0.3 is 24.8 Å². The van der Waals surface area contributed by atoms with Crippen molar-refractivity contribution in [3.63, 3.8) is 0 Å². The number of carbonyl (C=O) groups excluding carboxylic acids is 1. The molecule has 6 heteroatoms. The lowest BCUT2D eigenvalue weighted by molar-refractivity contribution is 0.104. The Morgan fingerprint density at radius 1 is 1.19 bits per heavy atom. The summed E-state index contributed by atoms with van der Waals surface area (Å²) in [7, 11) is 1.48. The maximum atomic E-state index is 12.8. The molecule has 1 unspecified atom stereocenters. The normalized spacial score (nSPS) is 17.0. The van der Waals surface area contributed by atoms with Crippen LogP contribution in [-0.4, -0.2) is 33.8 Å². The number of hydrogen-bond donors (Lipinski definition) is 3. The van der Waals surface area contributed by atoms with Gasteiger partial charge in [0.1, 0.15) is 11.4 Å². The monoisotopic (exact) mass is 436 g/mol. The van der Waals surface area contributed by atoms with Crippen molar-refractivity contribution in [1.29, 1.82) is 0 Å². The van der Waals surface area contributed by atoms with Gasteiger partial charge in [-0.05, 0) is 70.0 Å². The molecular formula is C26H28O6. The molecule has 1 heterocycles. The minimum Gasteiger partial charge on any atom is -0.506 e. The lowest BCUT2D eigenvalue weighted by Crippen LogP contribution is -2.32. The van der Waals surface area contributed by atoms with Crippen molar-refractivity contribution in [2.45, 2.75) is 39.2 Å². The van der Waals surface area contributed by atoms with E-state index >= 15 is 0 Å². The standard InChI is InChI=1S/C26H28O6/c1-16(2)7-6-13-26(3)14-12-18-24(30)19(15-22(31-4)25(18)32-26)20(27)11-10-17-8-5-9-21(28)23(17)29/h5,7-12,14-15,28-30H,6,13H2,1-4H3/b11-10+. The molecule has 3 rings (SSSR count). The molecule has 3 N–H and O–H groups in total. The summed E-state index contributed by atoms with van der Waals surface area (Å²) in [6.07, 6.45) is 9.95. The first-order valence-corrected chi connectivity index (χ1v) is 10.3. The molecule has 0 saturated carbocycles. The molecule has 168 valence electrons. The highest BCUT2D eigenvalue weighted by atomic mass is 16.5. The highest BCUT2D eigenvalue weighted by molar-refractivity contribution is 6.10. The first-order valence-electron chi connectivity index (χ1n) is 10.3. The van der Waals surface area contributed by atoms with Gasteiger partial charge >= 0.3 is 0 Å². The number of phenolic OH excluding ortho intramolecular Hbond substituents is 3. The van der Waals surface area contributed by atoms with Crippen molar-refractivity contribution in [2.75, 3.05) is 7.11 Å². The van der Waals surface area contributed by atoms with Crippen LogP contribution < -0.4 is 9.47 Å². The number of methoxy groups -OCH3 is 1. The average molecular weight is 437 g/mol. The molecule has 32 heavy (non-hydrogen) atoms. The number of para-hydroxylation sites is 1. The molecule has 0 saturated heterocycles. The molecule has 0 radical (unpaired) electrons. The molecular weight excluding hydrogens is 408 g/mol. The van der Waals surface area contributed by atoms with Gasteiger partial charge in [0.05, 0.1) is 18.2 Å². The first-order chi connectivity index (χ1) is 15.1. The summed E-state index contributed by atoms with van der Waals surface area (Å²) in [4.78, 5) is 12.8. The Morgan fingerprint density at radius 2 is 1.94 bits per heavy atom. The van der Waals surface area contributed by atoms with E-state index in [1.165, 1.54) is 37.0 Å². The number of rotatable bonds is 7. The fourth-order valence-corrected chi connectivity index (χ4v) is 3.50. The second kappa shape index (κ2) is 9.22. The van der Waals surface area contributed by atoms with Gasteiger partial charge in [-0.15, -0.1) is 0 Å². The van der Waals surface area contributed by atoms with E-state index in [1.807, 2.05) is 26.8 Å².